The van der Waals surface area contributed by atoms with Crippen LogP contribution in [0.4, 0.5) is 0 Å². The van der Waals surface area contributed by atoms with E-state index in [2.05, 4.69) is 39.8 Å². The second kappa shape index (κ2) is 8.16. The lowest BCUT2D eigenvalue weighted by atomic mass is 9.70. The Labute approximate surface area is 200 Å². The van der Waals surface area contributed by atoms with Gasteiger partial charge in [-0.05, 0) is 59.4 Å². The standard InChI is InChI=1S/C19H20OS.C10H14O2/c1-11(2)13-9-15(12(3)4)19-16(10-13)18(20)14-7-5-6-8-17(14)21-19;1-9(2)6-4-5-10(9,3)8(12)7(6)11/h5-12H,1-4H3;6H,4-5H2,1-3H3. The number of ketones is 2. The van der Waals surface area contributed by atoms with Gasteiger partial charge in [-0.25, -0.2) is 0 Å². The number of Topliss-reactive ketones (excluding diaryl/α,β-unsaturated/α-hetero) is 2. The minimum Gasteiger partial charge on any atom is -0.291 e. The number of rotatable bonds is 2. The lowest BCUT2D eigenvalue weighted by Gasteiger charge is -2.31. The van der Waals surface area contributed by atoms with Gasteiger partial charge in [-0.15, -0.1) is 11.3 Å². The third-order valence-corrected chi connectivity index (χ3v) is 9.52. The number of carbonyl (C=O) groups excluding carboxylic acids is 2. The maximum atomic E-state index is 12.8. The summed E-state index contributed by atoms with van der Waals surface area (Å²) in [5.41, 5.74) is 2.27. The van der Waals surface area contributed by atoms with E-state index in [1.165, 1.54) is 11.1 Å². The first-order valence-corrected chi connectivity index (χ1v) is 12.8. The van der Waals surface area contributed by atoms with Crippen LogP contribution in [-0.2, 0) is 9.59 Å². The molecule has 0 N–H and O–H groups in total. The van der Waals surface area contributed by atoms with Crippen LogP contribution in [0.5, 0.6) is 0 Å². The summed E-state index contributed by atoms with van der Waals surface area (Å²) in [6, 6.07) is 12.3. The highest BCUT2D eigenvalue weighted by atomic mass is 32.1. The Bertz CT molecular complexity index is 1330. The number of hydrogen-bond donors (Lipinski definition) is 0. The Morgan fingerprint density at radius 2 is 1.58 bits per heavy atom. The van der Waals surface area contributed by atoms with Crippen LogP contribution in [0.2, 0.25) is 0 Å². The van der Waals surface area contributed by atoms with Gasteiger partial charge in [-0.1, -0.05) is 66.7 Å². The van der Waals surface area contributed by atoms with Crippen molar-refractivity contribution in [3.63, 3.8) is 0 Å². The molecular formula is C29H34O3S. The highest BCUT2D eigenvalue weighted by Gasteiger charge is 2.66. The molecule has 2 aliphatic carbocycles. The number of hydrogen-bond acceptors (Lipinski definition) is 4. The van der Waals surface area contributed by atoms with Crippen molar-refractivity contribution in [1.82, 2.24) is 0 Å². The first kappa shape index (κ1) is 23.8. The van der Waals surface area contributed by atoms with Gasteiger partial charge in [0.2, 0.25) is 11.6 Å². The molecule has 3 aromatic rings. The van der Waals surface area contributed by atoms with Gasteiger partial charge >= 0.3 is 0 Å². The summed E-state index contributed by atoms with van der Waals surface area (Å²) in [6.07, 6.45) is 1.81. The van der Waals surface area contributed by atoms with Crippen LogP contribution >= 0.6 is 11.3 Å². The van der Waals surface area contributed by atoms with E-state index in [-0.39, 0.29) is 33.7 Å². The van der Waals surface area contributed by atoms with E-state index in [0.717, 1.165) is 33.0 Å². The summed E-state index contributed by atoms with van der Waals surface area (Å²) >= 11 is 1.74. The molecule has 2 fully saturated rings. The fourth-order valence-corrected chi connectivity index (χ4v) is 6.82. The first-order chi connectivity index (χ1) is 15.4. The van der Waals surface area contributed by atoms with E-state index in [1.807, 2.05) is 45.0 Å². The Hall–Kier alpha value is -2.33. The van der Waals surface area contributed by atoms with Crippen molar-refractivity contribution in [3.05, 3.63) is 57.7 Å². The summed E-state index contributed by atoms with van der Waals surface area (Å²) in [7, 11) is 0. The molecule has 174 valence electrons. The van der Waals surface area contributed by atoms with Crippen molar-refractivity contribution in [2.75, 3.05) is 0 Å². The van der Waals surface area contributed by atoms with Crippen molar-refractivity contribution in [2.45, 2.75) is 73.1 Å². The van der Waals surface area contributed by atoms with E-state index >= 15 is 0 Å². The monoisotopic (exact) mass is 462 g/mol. The molecule has 3 nitrogen and oxygen atoms in total. The van der Waals surface area contributed by atoms with E-state index in [0.29, 0.717) is 11.8 Å². The van der Waals surface area contributed by atoms with Gasteiger partial charge in [-0.3, -0.25) is 14.4 Å². The molecule has 2 atom stereocenters. The molecule has 2 saturated carbocycles. The van der Waals surface area contributed by atoms with E-state index in [4.69, 9.17) is 0 Å². The van der Waals surface area contributed by atoms with Crippen LogP contribution in [0.15, 0.2) is 41.2 Å². The third kappa shape index (κ3) is 3.58. The minimum absolute atomic E-state index is 0.00926. The van der Waals surface area contributed by atoms with Gasteiger partial charge in [0, 0.05) is 31.5 Å². The van der Waals surface area contributed by atoms with E-state index in [1.54, 1.807) is 11.3 Å². The molecule has 2 unspecified atom stereocenters. The largest absolute Gasteiger partial charge is 0.291 e. The van der Waals surface area contributed by atoms with Crippen molar-refractivity contribution in [3.8, 4) is 0 Å². The second-order valence-corrected chi connectivity index (χ2v) is 12.1. The van der Waals surface area contributed by atoms with Crippen LogP contribution in [0.1, 0.15) is 84.3 Å². The third-order valence-electron chi connectivity index (χ3n) is 8.28. The maximum absolute atomic E-state index is 12.8. The maximum Gasteiger partial charge on any atom is 0.205 e. The Morgan fingerprint density at radius 3 is 2.09 bits per heavy atom. The van der Waals surface area contributed by atoms with Gasteiger partial charge in [0.15, 0.2) is 5.43 Å². The van der Waals surface area contributed by atoms with Crippen molar-refractivity contribution in [1.29, 1.82) is 0 Å². The molecule has 0 amide bonds. The summed E-state index contributed by atoms with van der Waals surface area (Å²) in [5.74, 6) is 0.623. The Morgan fingerprint density at radius 1 is 0.909 bits per heavy atom. The average molecular weight is 463 g/mol. The van der Waals surface area contributed by atoms with Crippen LogP contribution in [0, 0.1) is 16.7 Å². The highest BCUT2D eigenvalue weighted by molar-refractivity contribution is 7.24. The summed E-state index contributed by atoms with van der Waals surface area (Å²) in [6.45, 7) is 14.8. The van der Waals surface area contributed by atoms with Crippen LogP contribution < -0.4 is 5.43 Å². The zero-order chi connectivity index (χ0) is 24.3. The molecule has 1 aromatic heterocycles. The first-order valence-electron chi connectivity index (χ1n) is 12.0. The molecule has 2 aliphatic rings. The topological polar surface area (TPSA) is 51.2 Å². The Balaban J connectivity index is 0.000000183. The molecule has 33 heavy (non-hydrogen) atoms. The fourth-order valence-electron chi connectivity index (χ4n) is 5.51. The van der Waals surface area contributed by atoms with Crippen LogP contribution in [0.25, 0.3) is 20.2 Å². The smallest absolute Gasteiger partial charge is 0.205 e. The SMILES string of the molecule is CC(C)c1cc(C(C)C)c2sc3ccccc3c(=O)c2c1.CC12CCC(C(=O)C1=O)C2(C)C. The molecule has 4 heteroatoms. The quantitative estimate of drug-likeness (QED) is 0.298. The van der Waals surface area contributed by atoms with Crippen LogP contribution in [-0.4, -0.2) is 11.6 Å². The zero-order valence-electron chi connectivity index (χ0n) is 20.7. The van der Waals surface area contributed by atoms with Crippen molar-refractivity contribution >= 4 is 43.1 Å². The fraction of sp³-hybridized carbons (Fsp3) is 0.483. The average Bonchev–Trinajstić information content (AvgIpc) is 3.07. The van der Waals surface area contributed by atoms with Crippen LogP contribution in [0.3, 0.4) is 0 Å². The van der Waals surface area contributed by atoms with Gasteiger partial charge in [0.25, 0.3) is 0 Å². The predicted molar refractivity (Wildman–Crippen MR) is 138 cm³/mol. The van der Waals surface area contributed by atoms with Gasteiger partial charge in [-0.2, -0.15) is 0 Å². The number of carbonyl (C=O) groups is 2. The lowest BCUT2D eigenvalue weighted by molar-refractivity contribution is -0.141. The summed E-state index contributed by atoms with van der Waals surface area (Å²) < 4.78 is 2.23. The molecular weight excluding hydrogens is 428 g/mol. The van der Waals surface area contributed by atoms with E-state index < -0.39 is 0 Å². The Kier molecular flexibility index (Phi) is 5.89. The molecule has 1 heterocycles. The lowest BCUT2D eigenvalue weighted by Crippen LogP contribution is -2.33. The van der Waals surface area contributed by atoms with Crippen molar-refractivity contribution in [2.24, 2.45) is 16.7 Å². The molecule has 2 aromatic carbocycles. The highest BCUT2D eigenvalue weighted by Crippen LogP contribution is 2.61. The number of benzene rings is 2. The van der Waals surface area contributed by atoms with Gasteiger partial charge in [0.1, 0.15) is 0 Å². The molecule has 0 spiro atoms. The normalized spacial score (nSPS) is 23.6. The minimum atomic E-state index is -0.352. The van der Waals surface area contributed by atoms with E-state index in [9.17, 15) is 14.4 Å². The molecule has 0 aliphatic heterocycles. The summed E-state index contributed by atoms with van der Waals surface area (Å²) in [4.78, 5) is 35.8. The molecule has 0 radical (unpaired) electrons. The van der Waals surface area contributed by atoms with Gasteiger partial charge < -0.3 is 0 Å². The molecule has 2 bridgehead atoms. The second-order valence-electron chi connectivity index (χ2n) is 11.1. The van der Waals surface area contributed by atoms with Gasteiger partial charge in [0.05, 0.1) is 0 Å². The zero-order valence-corrected chi connectivity index (χ0v) is 21.6. The molecule has 0 saturated heterocycles. The summed E-state index contributed by atoms with van der Waals surface area (Å²) in [5, 5.41) is 1.72. The van der Waals surface area contributed by atoms with Crippen molar-refractivity contribution < 1.29 is 9.59 Å². The molecule has 5 rings (SSSR count). The number of fused-ring (bicyclic) bond motifs is 4. The predicted octanol–water partition coefficient (Wildman–Crippen LogP) is 7.24.